The van der Waals surface area contributed by atoms with Gasteiger partial charge in [0.25, 0.3) is 5.56 Å². The molecular formula is C27H25N3O5. The topological polar surface area (TPSA) is 110 Å². The number of hydrogen-bond donors (Lipinski definition) is 2. The molecule has 178 valence electrons. The van der Waals surface area contributed by atoms with Gasteiger partial charge in [0.15, 0.2) is 5.78 Å². The van der Waals surface area contributed by atoms with E-state index in [0.29, 0.717) is 0 Å². The second kappa shape index (κ2) is 10.6. The fraction of sp³-hybridized carbons (Fsp3) is 0.185. The van der Waals surface area contributed by atoms with Gasteiger partial charge in [0.2, 0.25) is 5.91 Å². The van der Waals surface area contributed by atoms with E-state index in [4.69, 9.17) is 4.74 Å². The van der Waals surface area contributed by atoms with Gasteiger partial charge in [0, 0.05) is 29.7 Å². The number of aromatic nitrogens is 2. The maximum atomic E-state index is 13.0. The number of fused-ring (bicyclic) bond motifs is 1. The molecule has 2 aromatic heterocycles. The zero-order valence-corrected chi connectivity index (χ0v) is 19.2. The fourth-order valence-electron chi connectivity index (χ4n) is 3.87. The molecule has 0 aliphatic heterocycles. The molecule has 2 aromatic carbocycles. The van der Waals surface area contributed by atoms with E-state index >= 15 is 0 Å². The Hall–Kier alpha value is -4.46. The number of nitrogens with one attached hydrogen (secondary N) is 2. The summed E-state index contributed by atoms with van der Waals surface area (Å²) in [5.74, 6) is -1.52. The summed E-state index contributed by atoms with van der Waals surface area (Å²) < 4.78 is 6.64. The van der Waals surface area contributed by atoms with Gasteiger partial charge in [0.05, 0.1) is 5.56 Å². The van der Waals surface area contributed by atoms with Crippen molar-refractivity contribution in [2.24, 2.45) is 0 Å². The minimum absolute atomic E-state index is 0.00193. The Morgan fingerprint density at radius 2 is 1.74 bits per heavy atom. The van der Waals surface area contributed by atoms with Gasteiger partial charge in [-0.15, -0.1) is 0 Å². The largest absolute Gasteiger partial charge is 0.459 e. The first kappa shape index (κ1) is 23.7. The van der Waals surface area contributed by atoms with Gasteiger partial charge < -0.3 is 19.6 Å². The average molecular weight is 472 g/mol. The number of hydrogen-bond acceptors (Lipinski definition) is 5. The van der Waals surface area contributed by atoms with E-state index in [0.717, 1.165) is 26.6 Å². The van der Waals surface area contributed by atoms with Crippen LogP contribution in [0.25, 0.3) is 10.9 Å². The van der Waals surface area contributed by atoms with E-state index in [1.807, 2.05) is 54.6 Å². The van der Waals surface area contributed by atoms with Crippen molar-refractivity contribution >= 4 is 28.6 Å². The van der Waals surface area contributed by atoms with Crippen molar-refractivity contribution < 1.29 is 19.1 Å². The highest BCUT2D eigenvalue weighted by molar-refractivity contribution is 5.93. The van der Waals surface area contributed by atoms with Gasteiger partial charge in [-0.1, -0.05) is 48.5 Å². The molecule has 1 unspecified atom stereocenters. The Balaban J connectivity index is 1.53. The molecule has 2 N–H and O–H groups in total. The SMILES string of the molecule is CC(=O)c1cccn(CC(=O)NC(Cc2c[nH]c3ccccc23)C(=O)OCc2ccccc2)c1=O. The third-order valence-corrected chi connectivity index (χ3v) is 5.66. The third kappa shape index (κ3) is 5.73. The van der Waals surface area contributed by atoms with Crippen LogP contribution in [0.3, 0.4) is 0 Å². The summed E-state index contributed by atoms with van der Waals surface area (Å²) in [5, 5.41) is 3.65. The van der Waals surface area contributed by atoms with Gasteiger partial charge >= 0.3 is 5.97 Å². The zero-order valence-electron chi connectivity index (χ0n) is 19.2. The van der Waals surface area contributed by atoms with E-state index in [9.17, 15) is 19.2 Å². The molecule has 35 heavy (non-hydrogen) atoms. The van der Waals surface area contributed by atoms with Crippen LogP contribution in [-0.4, -0.2) is 33.3 Å². The Morgan fingerprint density at radius 3 is 2.51 bits per heavy atom. The predicted octanol–water partition coefficient (Wildman–Crippen LogP) is 3.00. The number of amides is 1. The van der Waals surface area contributed by atoms with Gasteiger partial charge in [-0.05, 0) is 36.2 Å². The van der Waals surface area contributed by atoms with Gasteiger partial charge in [0.1, 0.15) is 19.2 Å². The van der Waals surface area contributed by atoms with E-state index in [-0.39, 0.29) is 30.9 Å². The monoisotopic (exact) mass is 471 g/mol. The number of carbonyl (C=O) groups is 3. The Kier molecular flexibility index (Phi) is 7.21. The third-order valence-electron chi connectivity index (χ3n) is 5.66. The number of pyridine rings is 1. The van der Waals surface area contributed by atoms with Gasteiger partial charge in [-0.3, -0.25) is 14.4 Å². The second-order valence-electron chi connectivity index (χ2n) is 8.19. The Bertz CT molecular complexity index is 1420. The number of Topliss-reactive ketones (excluding diaryl/α,β-unsaturated/α-hetero) is 1. The minimum Gasteiger partial charge on any atom is -0.459 e. The smallest absolute Gasteiger partial charge is 0.329 e. The first-order chi connectivity index (χ1) is 16.9. The molecule has 1 amide bonds. The summed E-state index contributed by atoms with van der Waals surface area (Å²) in [6.45, 7) is 1.03. The quantitative estimate of drug-likeness (QED) is 0.288. The van der Waals surface area contributed by atoms with E-state index in [1.165, 1.54) is 25.3 Å². The van der Waals surface area contributed by atoms with Crippen molar-refractivity contribution in [2.75, 3.05) is 0 Å². The van der Waals surface area contributed by atoms with Crippen molar-refractivity contribution in [1.82, 2.24) is 14.9 Å². The number of rotatable bonds is 9. The van der Waals surface area contributed by atoms with Crippen LogP contribution in [0.4, 0.5) is 0 Å². The Labute approximate surface area is 201 Å². The molecular weight excluding hydrogens is 446 g/mol. The maximum Gasteiger partial charge on any atom is 0.329 e. The summed E-state index contributed by atoms with van der Waals surface area (Å²) in [5.41, 5.74) is 2.02. The second-order valence-corrected chi connectivity index (χ2v) is 8.19. The highest BCUT2D eigenvalue weighted by atomic mass is 16.5. The van der Waals surface area contributed by atoms with Crippen LogP contribution in [0.1, 0.15) is 28.4 Å². The van der Waals surface area contributed by atoms with Crippen molar-refractivity contribution in [1.29, 1.82) is 0 Å². The molecule has 4 aromatic rings. The molecule has 0 spiro atoms. The van der Waals surface area contributed by atoms with E-state index in [2.05, 4.69) is 10.3 Å². The number of nitrogens with zero attached hydrogens (tertiary/aromatic N) is 1. The first-order valence-corrected chi connectivity index (χ1v) is 11.2. The van der Waals surface area contributed by atoms with Crippen LogP contribution in [-0.2, 0) is 33.9 Å². The summed E-state index contributed by atoms with van der Waals surface area (Å²) in [4.78, 5) is 53.2. The highest BCUT2D eigenvalue weighted by Gasteiger charge is 2.24. The number of benzene rings is 2. The molecule has 0 aliphatic rings. The lowest BCUT2D eigenvalue weighted by Gasteiger charge is -2.18. The number of aromatic amines is 1. The summed E-state index contributed by atoms with van der Waals surface area (Å²) >= 11 is 0. The van der Waals surface area contributed by atoms with Crippen LogP contribution < -0.4 is 10.9 Å². The Morgan fingerprint density at radius 1 is 1.00 bits per heavy atom. The van der Waals surface area contributed by atoms with Gasteiger partial charge in [-0.2, -0.15) is 0 Å². The molecule has 4 rings (SSSR count). The van der Waals surface area contributed by atoms with Crippen molar-refractivity contribution in [3.05, 3.63) is 106 Å². The maximum absolute atomic E-state index is 13.0. The number of para-hydroxylation sites is 1. The van der Waals surface area contributed by atoms with Crippen LogP contribution in [0, 0.1) is 0 Å². The van der Waals surface area contributed by atoms with E-state index < -0.39 is 23.5 Å². The highest BCUT2D eigenvalue weighted by Crippen LogP contribution is 2.19. The fourth-order valence-corrected chi connectivity index (χ4v) is 3.87. The number of ether oxygens (including phenoxy) is 1. The molecule has 0 saturated heterocycles. The lowest BCUT2D eigenvalue weighted by Crippen LogP contribution is -2.45. The number of carbonyl (C=O) groups excluding carboxylic acids is 3. The molecule has 8 heteroatoms. The van der Waals surface area contributed by atoms with Gasteiger partial charge in [-0.25, -0.2) is 4.79 Å². The molecule has 0 fully saturated rings. The summed E-state index contributed by atoms with van der Waals surface area (Å²) in [6, 6.07) is 18.9. The number of esters is 1. The first-order valence-electron chi connectivity index (χ1n) is 11.2. The lowest BCUT2D eigenvalue weighted by atomic mass is 10.0. The molecule has 8 nitrogen and oxygen atoms in total. The molecule has 0 radical (unpaired) electrons. The molecule has 0 aliphatic carbocycles. The summed E-state index contributed by atoms with van der Waals surface area (Å²) in [7, 11) is 0. The minimum atomic E-state index is -0.975. The molecule has 0 bridgehead atoms. The van der Waals surface area contributed by atoms with Crippen LogP contribution in [0.5, 0.6) is 0 Å². The van der Waals surface area contributed by atoms with Crippen molar-refractivity contribution in [2.45, 2.75) is 32.5 Å². The number of ketones is 1. The lowest BCUT2D eigenvalue weighted by molar-refractivity contribution is -0.149. The van der Waals surface area contributed by atoms with Crippen LogP contribution in [0.2, 0.25) is 0 Å². The van der Waals surface area contributed by atoms with E-state index in [1.54, 1.807) is 6.20 Å². The number of H-pyrrole nitrogens is 1. The molecule has 1 atom stereocenters. The zero-order chi connectivity index (χ0) is 24.8. The van der Waals surface area contributed by atoms with Crippen molar-refractivity contribution in [3.63, 3.8) is 0 Å². The standard InChI is InChI=1S/C27H25N3O5/c1-18(31)21-11-7-13-30(26(21)33)16-25(32)29-24(27(34)35-17-19-8-3-2-4-9-19)14-20-15-28-23-12-6-5-10-22(20)23/h2-13,15,24,28H,14,16-17H2,1H3,(H,29,32). The average Bonchev–Trinajstić information content (AvgIpc) is 3.26. The predicted molar refractivity (Wildman–Crippen MR) is 131 cm³/mol. The van der Waals surface area contributed by atoms with Crippen LogP contribution >= 0.6 is 0 Å². The normalized spacial score (nSPS) is 11.7. The van der Waals surface area contributed by atoms with Crippen LogP contribution in [0.15, 0.2) is 83.9 Å². The van der Waals surface area contributed by atoms with Crippen molar-refractivity contribution in [3.8, 4) is 0 Å². The summed E-state index contributed by atoms with van der Waals surface area (Å²) in [6.07, 6.45) is 3.43. The molecule has 2 heterocycles. The molecule has 0 saturated carbocycles.